The number of amides is 2. The maximum absolute atomic E-state index is 12.9. The standard InChI is InChI=1S/C21H25ClN2O3/c1-4-23-21(26)16(3)24(13-17-10-6-7-11-18(17)22)20(25)14-27-19-12-8-5-9-15(19)2/h5-12,16H,4,13-14H2,1-3H3,(H,23,26). The summed E-state index contributed by atoms with van der Waals surface area (Å²) in [6, 6.07) is 14.1. The first-order chi connectivity index (χ1) is 12.9. The number of rotatable bonds is 8. The highest BCUT2D eigenvalue weighted by molar-refractivity contribution is 6.31. The third kappa shape index (κ3) is 5.73. The second kappa shape index (κ2) is 9.97. The average Bonchev–Trinajstić information content (AvgIpc) is 2.66. The summed E-state index contributed by atoms with van der Waals surface area (Å²) in [6.45, 7) is 6.03. The Morgan fingerprint density at radius 2 is 1.81 bits per heavy atom. The molecule has 1 N–H and O–H groups in total. The monoisotopic (exact) mass is 388 g/mol. The van der Waals surface area contributed by atoms with Crippen LogP contribution in [0.5, 0.6) is 5.75 Å². The fraction of sp³-hybridized carbons (Fsp3) is 0.333. The van der Waals surface area contributed by atoms with Crippen molar-refractivity contribution in [2.75, 3.05) is 13.2 Å². The molecule has 144 valence electrons. The lowest BCUT2D eigenvalue weighted by Crippen LogP contribution is -2.49. The molecule has 0 saturated carbocycles. The topological polar surface area (TPSA) is 58.6 Å². The normalized spacial score (nSPS) is 11.6. The summed E-state index contributed by atoms with van der Waals surface area (Å²) >= 11 is 6.24. The molecule has 6 heteroatoms. The summed E-state index contributed by atoms with van der Waals surface area (Å²) in [5.41, 5.74) is 1.72. The Labute approximate surface area is 165 Å². The molecule has 0 bridgehead atoms. The summed E-state index contributed by atoms with van der Waals surface area (Å²) < 4.78 is 5.68. The number of carbonyl (C=O) groups excluding carboxylic acids is 2. The number of ether oxygens (including phenoxy) is 1. The van der Waals surface area contributed by atoms with Crippen molar-refractivity contribution >= 4 is 23.4 Å². The van der Waals surface area contributed by atoms with Gasteiger partial charge >= 0.3 is 0 Å². The van der Waals surface area contributed by atoms with Crippen molar-refractivity contribution in [2.24, 2.45) is 0 Å². The van der Waals surface area contributed by atoms with Crippen molar-refractivity contribution in [1.29, 1.82) is 0 Å². The number of para-hydroxylation sites is 1. The lowest BCUT2D eigenvalue weighted by molar-refractivity contribution is -0.142. The predicted molar refractivity (Wildman–Crippen MR) is 107 cm³/mol. The highest BCUT2D eigenvalue weighted by Gasteiger charge is 2.26. The lowest BCUT2D eigenvalue weighted by atomic mass is 10.1. The van der Waals surface area contributed by atoms with E-state index in [1.807, 2.05) is 56.3 Å². The Kier molecular flexibility index (Phi) is 7.67. The van der Waals surface area contributed by atoms with E-state index >= 15 is 0 Å². The SMILES string of the molecule is CCNC(=O)C(C)N(Cc1ccccc1Cl)C(=O)COc1ccccc1C. The zero-order valence-corrected chi connectivity index (χ0v) is 16.6. The Hall–Kier alpha value is -2.53. The molecule has 1 atom stereocenters. The number of aryl methyl sites for hydroxylation is 1. The molecule has 0 spiro atoms. The van der Waals surface area contributed by atoms with Crippen molar-refractivity contribution in [3.05, 3.63) is 64.7 Å². The van der Waals surface area contributed by atoms with Crippen molar-refractivity contribution in [1.82, 2.24) is 10.2 Å². The van der Waals surface area contributed by atoms with Crippen LogP contribution in [-0.4, -0.2) is 35.9 Å². The second-order valence-electron chi connectivity index (χ2n) is 6.24. The summed E-state index contributed by atoms with van der Waals surface area (Å²) in [5.74, 6) is 0.153. The Morgan fingerprint density at radius 1 is 1.15 bits per heavy atom. The van der Waals surface area contributed by atoms with Crippen LogP contribution in [0.4, 0.5) is 0 Å². The molecule has 2 aromatic rings. The molecule has 0 heterocycles. The molecule has 5 nitrogen and oxygen atoms in total. The van der Waals surface area contributed by atoms with Gasteiger partial charge in [0.15, 0.2) is 6.61 Å². The van der Waals surface area contributed by atoms with Crippen molar-refractivity contribution < 1.29 is 14.3 Å². The van der Waals surface area contributed by atoms with E-state index in [0.29, 0.717) is 17.3 Å². The first-order valence-corrected chi connectivity index (χ1v) is 9.30. The number of benzene rings is 2. The van der Waals surface area contributed by atoms with Crippen LogP contribution in [0.25, 0.3) is 0 Å². The van der Waals surface area contributed by atoms with E-state index in [0.717, 1.165) is 11.1 Å². The maximum atomic E-state index is 12.9. The molecule has 0 fully saturated rings. The highest BCUT2D eigenvalue weighted by Crippen LogP contribution is 2.20. The van der Waals surface area contributed by atoms with Gasteiger partial charge in [0, 0.05) is 18.1 Å². The summed E-state index contributed by atoms with van der Waals surface area (Å²) in [4.78, 5) is 26.7. The zero-order chi connectivity index (χ0) is 19.8. The van der Waals surface area contributed by atoms with E-state index in [1.54, 1.807) is 13.0 Å². The molecule has 27 heavy (non-hydrogen) atoms. The molecule has 2 rings (SSSR count). The molecule has 0 radical (unpaired) electrons. The van der Waals surface area contributed by atoms with E-state index in [9.17, 15) is 9.59 Å². The van der Waals surface area contributed by atoms with Gasteiger partial charge in [0.25, 0.3) is 5.91 Å². The highest BCUT2D eigenvalue weighted by atomic mass is 35.5. The van der Waals surface area contributed by atoms with Gasteiger partial charge in [-0.1, -0.05) is 48.0 Å². The van der Waals surface area contributed by atoms with Crippen molar-refractivity contribution in [2.45, 2.75) is 33.4 Å². The minimum Gasteiger partial charge on any atom is -0.484 e. The lowest BCUT2D eigenvalue weighted by Gasteiger charge is -2.29. The van der Waals surface area contributed by atoms with Crippen LogP contribution in [0.3, 0.4) is 0 Å². The van der Waals surface area contributed by atoms with Gasteiger partial charge in [-0.25, -0.2) is 0 Å². The number of likely N-dealkylation sites (N-methyl/N-ethyl adjacent to an activating group) is 1. The van der Waals surface area contributed by atoms with Gasteiger partial charge in [0.2, 0.25) is 5.91 Å². The number of nitrogens with one attached hydrogen (secondary N) is 1. The van der Waals surface area contributed by atoms with Gasteiger partial charge in [0.05, 0.1) is 0 Å². The first-order valence-electron chi connectivity index (χ1n) is 8.93. The van der Waals surface area contributed by atoms with E-state index in [-0.39, 0.29) is 25.0 Å². The minimum absolute atomic E-state index is 0.154. The van der Waals surface area contributed by atoms with Gasteiger partial charge in [-0.15, -0.1) is 0 Å². The molecule has 1 unspecified atom stereocenters. The van der Waals surface area contributed by atoms with Crippen LogP contribution < -0.4 is 10.1 Å². The molecule has 0 saturated heterocycles. The molecule has 0 aliphatic heterocycles. The van der Waals surface area contributed by atoms with E-state index in [1.165, 1.54) is 4.90 Å². The van der Waals surface area contributed by atoms with Crippen LogP contribution in [0.15, 0.2) is 48.5 Å². The van der Waals surface area contributed by atoms with Crippen molar-refractivity contribution in [3.8, 4) is 5.75 Å². The molecule has 2 aromatic carbocycles. The van der Waals surface area contributed by atoms with Gasteiger partial charge in [-0.3, -0.25) is 9.59 Å². The summed E-state index contributed by atoms with van der Waals surface area (Å²) in [6.07, 6.45) is 0. The van der Waals surface area contributed by atoms with Gasteiger partial charge in [-0.2, -0.15) is 0 Å². The number of halogens is 1. The van der Waals surface area contributed by atoms with Crippen LogP contribution in [-0.2, 0) is 16.1 Å². The fourth-order valence-corrected chi connectivity index (χ4v) is 2.85. The van der Waals surface area contributed by atoms with Gasteiger partial charge < -0.3 is 15.0 Å². The number of hydrogen-bond acceptors (Lipinski definition) is 3. The first kappa shape index (κ1) is 20.8. The predicted octanol–water partition coefficient (Wildman–Crippen LogP) is 3.58. The van der Waals surface area contributed by atoms with E-state index < -0.39 is 6.04 Å². The second-order valence-corrected chi connectivity index (χ2v) is 6.64. The summed E-state index contributed by atoms with van der Waals surface area (Å²) in [5, 5.41) is 3.31. The molecular weight excluding hydrogens is 364 g/mol. The van der Waals surface area contributed by atoms with Crippen LogP contribution >= 0.6 is 11.6 Å². The summed E-state index contributed by atoms with van der Waals surface area (Å²) in [7, 11) is 0. The average molecular weight is 389 g/mol. The Morgan fingerprint density at radius 3 is 2.48 bits per heavy atom. The van der Waals surface area contributed by atoms with Crippen LogP contribution in [0.2, 0.25) is 5.02 Å². The largest absolute Gasteiger partial charge is 0.484 e. The minimum atomic E-state index is -0.644. The van der Waals surface area contributed by atoms with E-state index in [2.05, 4.69) is 5.32 Å². The molecule has 2 amide bonds. The van der Waals surface area contributed by atoms with Crippen LogP contribution in [0, 0.1) is 6.92 Å². The zero-order valence-electron chi connectivity index (χ0n) is 15.9. The maximum Gasteiger partial charge on any atom is 0.261 e. The number of nitrogens with zero attached hydrogens (tertiary/aromatic N) is 1. The number of hydrogen-bond donors (Lipinski definition) is 1. The molecule has 0 aliphatic rings. The third-order valence-corrected chi connectivity index (χ3v) is 4.63. The quantitative estimate of drug-likeness (QED) is 0.751. The smallest absolute Gasteiger partial charge is 0.261 e. The van der Waals surface area contributed by atoms with Gasteiger partial charge in [0.1, 0.15) is 11.8 Å². The molecule has 0 aromatic heterocycles. The molecular formula is C21H25ClN2O3. The fourth-order valence-electron chi connectivity index (χ4n) is 2.66. The Bertz CT molecular complexity index is 795. The molecule has 0 aliphatic carbocycles. The van der Waals surface area contributed by atoms with E-state index in [4.69, 9.17) is 16.3 Å². The number of carbonyl (C=O) groups is 2. The third-order valence-electron chi connectivity index (χ3n) is 4.26. The van der Waals surface area contributed by atoms with Crippen molar-refractivity contribution in [3.63, 3.8) is 0 Å². The van der Waals surface area contributed by atoms with Gasteiger partial charge in [-0.05, 0) is 44.0 Å². The Balaban J connectivity index is 2.17. The van der Waals surface area contributed by atoms with Crippen LogP contribution in [0.1, 0.15) is 25.0 Å².